The van der Waals surface area contributed by atoms with Crippen molar-refractivity contribution in [2.45, 2.75) is 38.3 Å². The van der Waals surface area contributed by atoms with Crippen LogP contribution in [0.25, 0.3) is 0 Å². The van der Waals surface area contributed by atoms with Crippen molar-refractivity contribution in [1.82, 2.24) is 10.6 Å². The first kappa shape index (κ1) is 13.8. The molecule has 0 heterocycles. The molecule has 0 radical (unpaired) electrons. The van der Waals surface area contributed by atoms with Crippen LogP contribution in [0.1, 0.15) is 26.2 Å². The predicted octanol–water partition coefficient (Wildman–Crippen LogP) is 0.574. The van der Waals surface area contributed by atoms with Gasteiger partial charge in [0.1, 0.15) is 0 Å². The average molecular weight is 244 g/mol. The molecule has 17 heavy (non-hydrogen) atoms. The van der Waals surface area contributed by atoms with E-state index >= 15 is 0 Å². The summed E-state index contributed by atoms with van der Waals surface area (Å²) in [7, 11) is 1.43. The fourth-order valence-corrected chi connectivity index (χ4v) is 1.90. The van der Waals surface area contributed by atoms with Crippen LogP contribution in [0.3, 0.4) is 0 Å². The van der Waals surface area contributed by atoms with Gasteiger partial charge in [-0.25, -0.2) is 4.79 Å². The zero-order valence-corrected chi connectivity index (χ0v) is 10.2. The standard InChI is InChI=1S/C11H20N2O4/c1-7-3-8(4-7)13-11(16)12-6-9(17-2)5-10(14)15/h7-9H,3-6H2,1-2H3,(H,14,15)(H2,12,13,16). The minimum absolute atomic E-state index is 0.114. The highest BCUT2D eigenvalue weighted by Gasteiger charge is 2.26. The molecule has 0 aromatic rings. The Morgan fingerprint density at radius 1 is 1.47 bits per heavy atom. The Morgan fingerprint density at radius 2 is 2.12 bits per heavy atom. The number of ether oxygens (including phenoxy) is 1. The molecule has 1 saturated carbocycles. The summed E-state index contributed by atoms with van der Waals surface area (Å²) in [5.74, 6) is -0.258. The van der Waals surface area contributed by atoms with E-state index in [1.807, 2.05) is 0 Å². The first-order valence-electron chi connectivity index (χ1n) is 5.80. The van der Waals surface area contributed by atoms with Gasteiger partial charge in [-0.1, -0.05) is 6.92 Å². The number of aliphatic carboxylic acids is 1. The van der Waals surface area contributed by atoms with Crippen molar-refractivity contribution in [2.24, 2.45) is 5.92 Å². The van der Waals surface area contributed by atoms with Crippen LogP contribution in [0.2, 0.25) is 0 Å². The summed E-state index contributed by atoms with van der Waals surface area (Å²) in [6, 6.07) is -0.000178. The molecule has 0 spiro atoms. The van der Waals surface area contributed by atoms with E-state index in [0.29, 0.717) is 5.92 Å². The van der Waals surface area contributed by atoms with Crippen molar-refractivity contribution < 1.29 is 19.4 Å². The molecule has 1 unspecified atom stereocenters. The minimum atomic E-state index is -0.938. The van der Waals surface area contributed by atoms with Gasteiger partial charge < -0.3 is 20.5 Å². The van der Waals surface area contributed by atoms with Crippen LogP contribution in [0.5, 0.6) is 0 Å². The molecule has 1 atom stereocenters. The van der Waals surface area contributed by atoms with E-state index in [1.54, 1.807) is 0 Å². The largest absolute Gasteiger partial charge is 0.481 e. The molecule has 0 bridgehead atoms. The summed E-state index contributed by atoms with van der Waals surface area (Å²) in [5.41, 5.74) is 0. The number of carboxylic acids is 1. The van der Waals surface area contributed by atoms with Gasteiger partial charge in [0.05, 0.1) is 12.5 Å². The molecule has 0 aromatic carbocycles. The highest BCUT2D eigenvalue weighted by atomic mass is 16.5. The molecular formula is C11H20N2O4. The lowest BCUT2D eigenvalue weighted by molar-refractivity contribution is -0.139. The normalized spacial score (nSPS) is 24.6. The zero-order valence-electron chi connectivity index (χ0n) is 10.2. The Labute approximate surface area is 101 Å². The fourth-order valence-electron chi connectivity index (χ4n) is 1.90. The fraction of sp³-hybridized carbons (Fsp3) is 0.818. The topological polar surface area (TPSA) is 87.7 Å². The van der Waals surface area contributed by atoms with Gasteiger partial charge in [0.2, 0.25) is 0 Å². The molecule has 2 amide bonds. The molecule has 98 valence electrons. The summed E-state index contributed by atoms with van der Waals surface area (Å²) in [5, 5.41) is 14.0. The van der Waals surface area contributed by atoms with Crippen molar-refractivity contribution in [2.75, 3.05) is 13.7 Å². The number of carbonyl (C=O) groups is 2. The molecule has 1 aliphatic rings. The predicted molar refractivity (Wildman–Crippen MR) is 61.8 cm³/mol. The molecule has 0 saturated heterocycles. The maximum Gasteiger partial charge on any atom is 0.315 e. The first-order chi connectivity index (χ1) is 8.01. The van der Waals surface area contributed by atoms with Crippen LogP contribution < -0.4 is 10.6 Å². The number of methoxy groups -OCH3 is 1. The second-order valence-corrected chi connectivity index (χ2v) is 4.58. The first-order valence-corrected chi connectivity index (χ1v) is 5.80. The average Bonchev–Trinajstić information content (AvgIpc) is 2.21. The molecule has 3 N–H and O–H groups in total. The van der Waals surface area contributed by atoms with Gasteiger partial charge in [0.15, 0.2) is 0 Å². The number of carboxylic acid groups (broad SMARTS) is 1. The Balaban J connectivity index is 2.15. The number of hydrogen-bond acceptors (Lipinski definition) is 3. The van der Waals surface area contributed by atoms with Crippen LogP contribution in [0.4, 0.5) is 4.79 Å². The zero-order chi connectivity index (χ0) is 12.8. The summed E-state index contributed by atoms with van der Waals surface area (Å²) < 4.78 is 4.95. The Hall–Kier alpha value is -1.30. The second-order valence-electron chi connectivity index (χ2n) is 4.58. The molecule has 0 aliphatic heterocycles. The van der Waals surface area contributed by atoms with Gasteiger partial charge in [-0.05, 0) is 18.8 Å². The van der Waals surface area contributed by atoms with Crippen molar-refractivity contribution in [3.8, 4) is 0 Å². The number of amides is 2. The monoisotopic (exact) mass is 244 g/mol. The second kappa shape index (κ2) is 6.44. The SMILES string of the molecule is COC(CNC(=O)NC1CC(C)C1)CC(=O)O. The number of hydrogen-bond donors (Lipinski definition) is 3. The maximum atomic E-state index is 11.4. The summed E-state index contributed by atoms with van der Waals surface area (Å²) in [4.78, 5) is 21.9. The Kier molecular flexibility index (Phi) is 5.21. The van der Waals surface area contributed by atoms with Crippen LogP contribution >= 0.6 is 0 Å². The van der Waals surface area contributed by atoms with E-state index in [2.05, 4.69) is 17.6 Å². The summed E-state index contributed by atoms with van der Waals surface area (Å²) in [6.07, 6.45) is 1.42. The van der Waals surface area contributed by atoms with Crippen LogP contribution in [-0.2, 0) is 9.53 Å². The Morgan fingerprint density at radius 3 is 2.59 bits per heavy atom. The summed E-state index contributed by atoms with van der Waals surface area (Å²) in [6.45, 7) is 2.35. The highest BCUT2D eigenvalue weighted by Crippen LogP contribution is 2.25. The van der Waals surface area contributed by atoms with Crippen LogP contribution in [-0.4, -0.2) is 42.9 Å². The lowest BCUT2D eigenvalue weighted by Gasteiger charge is -2.33. The van der Waals surface area contributed by atoms with Crippen molar-refractivity contribution in [1.29, 1.82) is 0 Å². The molecular weight excluding hydrogens is 224 g/mol. The Bertz CT molecular complexity index is 277. The highest BCUT2D eigenvalue weighted by molar-refractivity contribution is 5.74. The van der Waals surface area contributed by atoms with E-state index in [1.165, 1.54) is 7.11 Å². The third-order valence-corrected chi connectivity index (χ3v) is 2.93. The molecule has 6 nitrogen and oxygen atoms in total. The lowest BCUT2D eigenvalue weighted by Crippen LogP contribution is -2.49. The van der Waals surface area contributed by atoms with Gasteiger partial charge in [-0.15, -0.1) is 0 Å². The number of carbonyl (C=O) groups excluding carboxylic acids is 1. The van der Waals surface area contributed by atoms with Gasteiger partial charge in [-0.2, -0.15) is 0 Å². The number of urea groups is 1. The minimum Gasteiger partial charge on any atom is -0.481 e. The van der Waals surface area contributed by atoms with Crippen molar-refractivity contribution >= 4 is 12.0 Å². The van der Waals surface area contributed by atoms with Crippen LogP contribution in [0, 0.1) is 5.92 Å². The van der Waals surface area contributed by atoms with Gasteiger partial charge in [-0.3, -0.25) is 4.79 Å². The molecule has 0 aromatic heterocycles. The molecule has 1 fully saturated rings. The van der Waals surface area contributed by atoms with E-state index in [0.717, 1.165) is 12.8 Å². The summed E-state index contributed by atoms with van der Waals surface area (Å²) >= 11 is 0. The van der Waals surface area contributed by atoms with E-state index in [9.17, 15) is 9.59 Å². The molecule has 1 aliphatic carbocycles. The molecule has 6 heteroatoms. The van der Waals surface area contributed by atoms with Gasteiger partial charge >= 0.3 is 12.0 Å². The van der Waals surface area contributed by atoms with Crippen molar-refractivity contribution in [3.05, 3.63) is 0 Å². The third-order valence-electron chi connectivity index (χ3n) is 2.93. The quantitative estimate of drug-likeness (QED) is 0.637. The number of nitrogens with one attached hydrogen (secondary N) is 2. The van der Waals surface area contributed by atoms with Crippen LogP contribution in [0.15, 0.2) is 0 Å². The van der Waals surface area contributed by atoms with Crippen molar-refractivity contribution in [3.63, 3.8) is 0 Å². The van der Waals surface area contributed by atoms with E-state index < -0.39 is 12.1 Å². The number of rotatable bonds is 6. The van der Waals surface area contributed by atoms with Gasteiger partial charge in [0.25, 0.3) is 0 Å². The van der Waals surface area contributed by atoms with E-state index in [-0.39, 0.29) is 25.0 Å². The smallest absolute Gasteiger partial charge is 0.315 e. The van der Waals surface area contributed by atoms with Gasteiger partial charge in [0, 0.05) is 19.7 Å². The third kappa shape index (κ3) is 5.04. The molecule has 1 rings (SSSR count). The van der Waals surface area contributed by atoms with E-state index in [4.69, 9.17) is 9.84 Å². The lowest BCUT2D eigenvalue weighted by atomic mass is 9.82. The maximum absolute atomic E-state index is 11.4.